The molecule has 0 N–H and O–H groups in total. The molecule has 0 saturated carbocycles. The highest BCUT2D eigenvalue weighted by Gasteiger charge is 2.25. The quantitative estimate of drug-likeness (QED) is 0.711. The van der Waals surface area contributed by atoms with Gasteiger partial charge in [0.25, 0.3) is 0 Å². The summed E-state index contributed by atoms with van der Waals surface area (Å²) in [6.07, 6.45) is 0.854. The third-order valence-electron chi connectivity index (χ3n) is 3.31. The Morgan fingerprint density at radius 2 is 2.06 bits per heavy atom. The minimum Gasteiger partial charge on any atom is -0.381 e. The molecule has 1 fully saturated rings. The van der Waals surface area contributed by atoms with E-state index in [0.717, 1.165) is 17.5 Å². The van der Waals surface area contributed by atoms with Gasteiger partial charge in [0.05, 0.1) is 19.8 Å². The van der Waals surface area contributed by atoms with Crippen molar-refractivity contribution < 1.29 is 14.3 Å². The van der Waals surface area contributed by atoms with E-state index < -0.39 is 0 Å². The molecule has 2 aliphatic rings. The van der Waals surface area contributed by atoms with Gasteiger partial charge < -0.3 is 9.47 Å². The van der Waals surface area contributed by atoms with E-state index in [9.17, 15) is 4.79 Å². The van der Waals surface area contributed by atoms with E-state index in [1.165, 1.54) is 5.56 Å². The number of ketones is 1. The predicted molar refractivity (Wildman–Crippen MR) is 58.2 cm³/mol. The van der Waals surface area contributed by atoms with E-state index >= 15 is 0 Å². The minimum absolute atomic E-state index is 0.0559. The first-order chi connectivity index (χ1) is 7.84. The monoisotopic (exact) mass is 218 g/mol. The maximum atomic E-state index is 12.1. The summed E-state index contributed by atoms with van der Waals surface area (Å²) in [6.45, 7) is 2.60. The second-order valence-corrected chi connectivity index (χ2v) is 4.40. The Hall–Kier alpha value is -1.19. The van der Waals surface area contributed by atoms with Gasteiger partial charge in [-0.1, -0.05) is 12.1 Å². The molecule has 0 aliphatic carbocycles. The number of carbonyl (C=O) groups is 1. The Bertz CT molecular complexity index is 419. The lowest BCUT2D eigenvalue weighted by Crippen LogP contribution is -2.14. The largest absolute Gasteiger partial charge is 0.381 e. The Morgan fingerprint density at radius 3 is 2.88 bits per heavy atom. The van der Waals surface area contributed by atoms with E-state index in [-0.39, 0.29) is 11.7 Å². The van der Waals surface area contributed by atoms with Crippen LogP contribution in [0.15, 0.2) is 18.2 Å². The molecular weight excluding hydrogens is 204 g/mol. The topological polar surface area (TPSA) is 35.5 Å². The normalized spacial score (nSPS) is 23.4. The molecule has 1 aromatic carbocycles. The molecule has 2 heterocycles. The first-order valence-corrected chi connectivity index (χ1v) is 5.66. The van der Waals surface area contributed by atoms with Crippen molar-refractivity contribution in [3.8, 4) is 0 Å². The Balaban J connectivity index is 1.86. The first-order valence-electron chi connectivity index (χ1n) is 5.66. The Kier molecular flexibility index (Phi) is 2.50. The average molecular weight is 218 g/mol. The molecule has 3 rings (SSSR count). The van der Waals surface area contributed by atoms with Crippen LogP contribution in [0.5, 0.6) is 0 Å². The molecule has 0 aromatic heterocycles. The van der Waals surface area contributed by atoms with Crippen LogP contribution >= 0.6 is 0 Å². The lowest BCUT2D eigenvalue weighted by molar-refractivity contribution is 0.0900. The van der Waals surface area contributed by atoms with Crippen LogP contribution < -0.4 is 0 Å². The van der Waals surface area contributed by atoms with E-state index in [4.69, 9.17) is 9.47 Å². The molecule has 0 radical (unpaired) electrons. The molecule has 0 spiro atoms. The van der Waals surface area contributed by atoms with Crippen molar-refractivity contribution in [3.63, 3.8) is 0 Å². The highest BCUT2D eigenvalue weighted by molar-refractivity contribution is 5.98. The molecule has 0 bridgehead atoms. The van der Waals surface area contributed by atoms with Gasteiger partial charge in [0.2, 0.25) is 0 Å². The van der Waals surface area contributed by atoms with Gasteiger partial charge in [0.1, 0.15) is 0 Å². The van der Waals surface area contributed by atoms with Crippen LogP contribution in [0.4, 0.5) is 0 Å². The fourth-order valence-corrected chi connectivity index (χ4v) is 2.30. The van der Waals surface area contributed by atoms with Crippen molar-refractivity contribution in [3.05, 3.63) is 34.9 Å². The number of hydrogen-bond acceptors (Lipinski definition) is 3. The standard InChI is InChI=1S/C13H14O3/c14-13(11-3-4-15-7-11)9-1-2-10-6-16-8-12(10)5-9/h1-2,5,11H,3-4,6-8H2. The van der Waals surface area contributed by atoms with E-state index in [1.807, 2.05) is 18.2 Å². The molecule has 2 aliphatic heterocycles. The summed E-state index contributed by atoms with van der Waals surface area (Å²) in [5.41, 5.74) is 3.17. The van der Waals surface area contributed by atoms with Gasteiger partial charge in [-0.15, -0.1) is 0 Å². The molecule has 3 heteroatoms. The minimum atomic E-state index is 0.0559. The molecule has 1 atom stereocenters. The summed E-state index contributed by atoms with van der Waals surface area (Å²) in [5, 5.41) is 0. The van der Waals surface area contributed by atoms with Crippen molar-refractivity contribution in [1.29, 1.82) is 0 Å². The number of carbonyl (C=O) groups excluding carboxylic acids is 1. The van der Waals surface area contributed by atoms with Gasteiger partial charge in [0.15, 0.2) is 5.78 Å². The smallest absolute Gasteiger partial charge is 0.168 e. The zero-order chi connectivity index (χ0) is 11.0. The van der Waals surface area contributed by atoms with Crippen molar-refractivity contribution in [2.24, 2.45) is 5.92 Å². The highest BCUT2D eigenvalue weighted by Crippen LogP contribution is 2.24. The van der Waals surface area contributed by atoms with Gasteiger partial charge in [-0.05, 0) is 23.6 Å². The van der Waals surface area contributed by atoms with E-state index in [1.54, 1.807) is 0 Å². The van der Waals surface area contributed by atoms with Crippen LogP contribution in [0.25, 0.3) is 0 Å². The molecule has 84 valence electrons. The first kappa shape index (κ1) is 10.00. The van der Waals surface area contributed by atoms with Crippen LogP contribution in [-0.2, 0) is 22.7 Å². The van der Waals surface area contributed by atoms with Crippen LogP contribution in [0.3, 0.4) is 0 Å². The molecule has 16 heavy (non-hydrogen) atoms. The van der Waals surface area contributed by atoms with Crippen LogP contribution in [0, 0.1) is 5.92 Å². The van der Waals surface area contributed by atoms with Crippen LogP contribution in [0.1, 0.15) is 27.9 Å². The maximum Gasteiger partial charge on any atom is 0.168 e. The summed E-state index contributed by atoms with van der Waals surface area (Å²) >= 11 is 0. The number of Topliss-reactive ketones (excluding diaryl/α,β-unsaturated/α-hetero) is 1. The summed E-state index contributed by atoms with van der Waals surface area (Å²) in [6, 6.07) is 5.89. The summed E-state index contributed by atoms with van der Waals surface area (Å²) < 4.78 is 10.6. The van der Waals surface area contributed by atoms with Gasteiger partial charge in [0, 0.05) is 18.1 Å². The van der Waals surface area contributed by atoms with Gasteiger partial charge in [-0.2, -0.15) is 0 Å². The van der Waals surface area contributed by atoms with Gasteiger partial charge >= 0.3 is 0 Å². The Morgan fingerprint density at radius 1 is 1.19 bits per heavy atom. The van der Waals surface area contributed by atoms with E-state index in [2.05, 4.69) is 0 Å². The van der Waals surface area contributed by atoms with Gasteiger partial charge in [-0.25, -0.2) is 0 Å². The van der Waals surface area contributed by atoms with Crippen LogP contribution in [0.2, 0.25) is 0 Å². The molecule has 0 amide bonds. The fraction of sp³-hybridized carbons (Fsp3) is 0.462. The number of fused-ring (bicyclic) bond motifs is 1. The third-order valence-corrected chi connectivity index (χ3v) is 3.31. The van der Waals surface area contributed by atoms with Crippen molar-refractivity contribution in [2.75, 3.05) is 13.2 Å². The number of rotatable bonds is 2. The average Bonchev–Trinajstić information content (AvgIpc) is 2.98. The lowest BCUT2D eigenvalue weighted by Gasteiger charge is -2.07. The predicted octanol–water partition coefficient (Wildman–Crippen LogP) is 1.94. The highest BCUT2D eigenvalue weighted by atomic mass is 16.5. The molecule has 3 nitrogen and oxygen atoms in total. The van der Waals surface area contributed by atoms with Gasteiger partial charge in [-0.3, -0.25) is 4.79 Å². The zero-order valence-corrected chi connectivity index (χ0v) is 9.07. The van der Waals surface area contributed by atoms with Crippen LogP contribution in [-0.4, -0.2) is 19.0 Å². The number of ether oxygens (including phenoxy) is 2. The summed E-state index contributed by atoms with van der Waals surface area (Å²) in [7, 11) is 0. The molecule has 1 saturated heterocycles. The second kappa shape index (κ2) is 4.00. The Labute approximate surface area is 94.4 Å². The third kappa shape index (κ3) is 1.66. The zero-order valence-electron chi connectivity index (χ0n) is 9.07. The second-order valence-electron chi connectivity index (χ2n) is 4.40. The molecule has 1 unspecified atom stereocenters. The number of hydrogen-bond donors (Lipinski definition) is 0. The SMILES string of the molecule is O=C(c1ccc2c(c1)COC2)C1CCOC1. The van der Waals surface area contributed by atoms with E-state index in [0.29, 0.717) is 26.4 Å². The van der Waals surface area contributed by atoms with Crippen molar-refractivity contribution in [1.82, 2.24) is 0 Å². The number of benzene rings is 1. The van der Waals surface area contributed by atoms with Crippen molar-refractivity contribution >= 4 is 5.78 Å². The maximum absolute atomic E-state index is 12.1. The van der Waals surface area contributed by atoms with Crippen molar-refractivity contribution in [2.45, 2.75) is 19.6 Å². The summed E-state index contributed by atoms with van der Waals surface area (Å²) in [5.74, 6) is 0.271. The summed E-state index contributed by atoms with van der Waals surface area (Å²) in [4.78, 5) is 12.1. The fourth-order valence-electron chi connectivity index (χ4n) is 2.30. The molecule has 1 aromatic rings. The lowest BCUT2D eigenvalue weighted by atomic mass is 9.95. The molecular formula is C13H14O3.